The molecule has 10 rings (SSSR count). The second-order valence-corrected chi connectivity index (χ2v) is 16.6. The molecule has 6 aromatic heterocycles. The molecule has 8 aromatic rings. The van der Waals surface area contributed by atoms with Gasteiger partial charge in [-0.05, 0) is 87.3 Å². The normalized spacial score (nSPS) is 14.7. The predicted octanol–water partition coefficient (Wildman–Crippen LogP) is 1.66. The predicted molar refractivity (Wildman–Crippen MR) is 253 cm³/mol. The fourth-order valence-electron chi connectivity index (χ4n) is 7.27. The van der Waals surface area contributed by atoms with Gasteiger partial charge in [0, 0.05) is 41.2 Å². The van der Waals surface area contributed by atoms with E-state index >= 15 is 4.39 Å². The molecule has 10 N–H and O–H groups in total. The van der Waals surface area contributed by atoms with Crippen LogP contribution in [0, 0.1) is 11.6 Å². The monoisotopic (exact) mass is 972 g/mol. The van der Waals surface area contributed by atoms with Gasteiger partial charge in [0.1, 0.15) is 34.7 Å². The van der Waals surface area contributed by atoms with E-state index in [9.17, 15) is 33.8 Å². The highest BCUT2D eigenvalue weighted by Gasteiger charge is 2.22. The van der Waals surface area contributed by atoms with E-state index in [1.807, 2.05) is 0 Å². The lowest BCUT2D eigenvalue weighted by molar-refractivity contribution is 0.0696. The minimum Gasteiger partial charge on any atom is -0.493 e. The summed E-state index contributed by atoms with van der Waals surface area (Å²) in [6.07, 6.45) is 9.92. The van der Waals surface area contributed by atoms with Gasteiger partial charge in [-0.2, -0.15) is 19.2 Å². The molecule has 2 aliphatic carbocycles. The number of imidazole rings is 2. The molecule has 25 heteroatoms. The molecule has 23 nitrogen and oxygen atoms in total. The SMILES string of the molecule is CCN(CC)CCNC(=O)c1ccc(Nc2cc(=NC3CC3)n3ncc(=Cc4[nH]c(=O)[nH]c4O)c3n2)c(F)c1.O=C(O)c1ccc(Nc2cc(=NC3CC3)n3ncc(=Cc4[nH]c(=O)[nH]c4O)c3n2)c(F)c1. The van der Waals surface area contributed by atoms with Crippen molar-refractivity contribution in [3.63, 3.8) is 0 Å². The molecular formula is C46H46F2N16O7. The van der Waals surface area contributed by atoms with Crippen molar-refractivity contribution >= 4 is 58.3 Å². The van der Waals surface area contributed by atoms with Gasteiger partial charge in [0.05, 0.1) is 41.4 Å². The number of carbonyl (C=O) groups is 2. The Morgan fingerprint density at radius 3 is 1.61 bits per heavy atom. The summed E-state index contributed by atoms with van der Waals surface area (Å²) in [7, 11) is 0. The summed E-state index contributed by atoms with van der Waals surface area (Å²) >= 11 is 0. The van der Waals surface area contributed by atoms with Crippen LogP contribution in [0.25, 0.3) is 23.4 Å². The second kappa shape index (κ2) is 19.9. The molecule has 0 spiro atoms. The molecule has 2 aliphatic rings. The standard InChI is InChI=1S/C26H30FN9O3.C20H16FN7O4/c1-3-35(4-2)10-9-28-24(37)15-5-8-19(18(27)11-15)31-21-13-22(30-17-6-7-17)36-23(33-21)16(14-29-36)12-20-25(38)34-26(39)32-20;21-12-5-9(19(30)31)1-4-13(12)24-15-7-16(23-11-2-3-11)28-17(26-15)10(8-22-28)6-14-18(29)27-20(32)25-14/h5,8,11-14,17,31,38H,3-4,6-7,9-10H2,1-2H3,(H,28,37)(H2,32,34,39);1,4-8,11,24,29H,2-3H2,(H,30,31)(H2,25,27,32). The highest BCUT2D eigenvalue weighted by molar-refractivity contribution is 5.94. The Morgan fingerprint density at radius 2 is 1.20 bits per heavy atom. The largest absolute Gasteiger partial charge is 0.493 e. The number of rotatable bonds is 15. The van der Waals surface area contributed by atoms with E-state index in [1.165, 1.54) is 53.3 Å². The molecule has 71 heavy (non-hydrogen) atoms. The number of likely N-dealkylation sites (N-methyl/N-ethyl adjacent to an activating group) is 1. The van der Waals surface area contributed by atoms with E-state index in [0.717, 1.165) is 51.4 Å². The number of carboxylic acid groups (broad SMARTS) is 1. The van der Waals surface area contributed by atoms with Gasteiger partial charge in [-0.15, -0.1) is 0 Å². The third-order valence-electron chi connectivity index (χ3n) is 11.3. The van der Waals surface area contributed by atoms with Gasteiger partial charge in [-0.1, -0.05) is 13.8 Å². The van der Waals surface area contributed by atoms with Crippen LogP contribution < -0.4 is 48.7 Å². The van der Waals surface area contributed by atoms with E-state index in [1.54, 1.807) is 22.7 Å². The van der Waals surface area contributed by atoms with Crippen LogP contribution >= 0.6 is 0 Å². The zero-order valence-electron chi connectivity index (χ0n) is 38.0. The zero-order valence-corrected chi connectivity index (χ0v) is 38.0. The second-order valence-electron chi connectivity index (χ2n) is 16.6. The number of hydrogen-bond donors (Lipinski definition) is 10. The van der Waals surface area contributed by atoms with Crippen molar-refractivity contribution in [2.24, 2.45) is 9.98 Å². The van der Waals surface area contributed by atoms with Crippen LogP contribution in [-0.4, -0.2) is 119 Å². The van der Waals surface area contributed by atoms with E-state index in [0.29, 0.717) is 45.1 Å². The van der Waals surface area contributed by atoms with Gasteiger partial charge in [-0.3, -0.25) is 24.7 Å². The maximum absolute atomic E-state index is 15.1. The molecule has 0 aliphatic heterocycles. The first-order valence-corrected chi connectivity index (χ1v) is 22.5. The number of carbonyl (C=O) groups excluding carboxylic acids is 1. The average Bonchev–Trinajstić information content (AvgIpc) is 4.20. The fraction of sp³-hybridized carbons (Fsp3) is 0.261. The number of halogens is 2. The van der Waals surface area contributed by atoms with Crippen molar-refractivity contribution in [1.29, 1.82) is 0 Å². The number of aromatic carboxylic acids is 1. The number of fused-ring (bicyclic) bond motifs is 2. The lowest BCUT2D eigenvalue weighted by Crippen LogP contribution is -2.34. The molecule has 1 amide bonds. The van der Waals surface area contributed by atoms with Crippen molar-refractivity contribution in [2.45, 2.75) is 51.6 Å². The van der Waals surface area contributed by atoms with E-state index < -0.39 is 29.0 Å². The summed E-state index contributed by atoms with van der Waals surface area (Å²) in [5.41, 5.74) is 1.22. The number of carboxylic acids is 1. The number of amides is 1. The summed E-state index contributed by atoms with van der Waals surface area (Å²) in [6.45, 7) is 7.09. The number of anilines is 4. The number of aromatic hydroxyl groups is 2. The van der Waals surface area contributed by atoms with Crippen molar-refractivity contribution < 1.29 is 33.7 Å². The molecule has 0 saturated heterocycles. The molecule has 2 aromatic carbocycles. The summed E-state index contributed by atoms with van der Waals surface area (Å²) in [6, 6.07) is 11.4. The van der Waals surface area contributed by atoms with Crippen molar-refractivity contribution in [2.75, 3.05) is 36.8 Å². The van der Waals surface area contributed by atoms with Crippen LogP contribution in [0.4, 0.5) is 31.8 Å². The summed E-state index contributed by atoms with van der Waals surface area (Å²) in [5.74, 6) is -2.98. The lowest BCUT2D eigenvalue weighted by Gasteiger charge is -2.18. The molecule has 6 heterocycles. The fourth-order valence-corrected chi connectivity index (χ4v) is 7.27. The molecule has 0 unspecified atom stereocenters. The van der Waals surface area contributed by atoms with Gasteiger partial charge in [0.15, 0.2) is 22.3 Å². The summed E-state index contributed by atoms with van der Waals surface area (Å²) in [5, 5.41) is 47.1. The third kappa shape index (κ3) is 11.0. The maximum atomic E-state index is 15.1. The number of nitrogens with zero attached hydrogens (tertiary/aromatic N) is 9. The average molecular weight is 973 g/mol. The number of nitrogens with one attached hydrogen (secondary N) is 7. The van der Waals surface area contributed by atoms with Crippen LogP contribution in [-0.2, 0) is 0 Å². The zero-order chi connectivity index (χ0) is 49.9. The molecule has 366 valence electrons. The van der Waals surface area contributed by atoms with E-state index in [-0.39, 0.29) is 69.5 Å². The molecule has 0 bridgehead atoms. The molecule has 0 atom stereocenters. The maximum Gasteiger partial charge on any atom is 0.335 e. The van der Waals surface area contributed by atoms with E-state index in [4.69, 9.17) is 10.1 Å². The number of hydrogen-bond acceptors (Lipinski definition) is 15. The van der Waals surface area contributed by atoms with Crippen molar-refractivity contribution in [1.82, 2.24) is 59.3 Å². The molecule has 2 fully saturated rings. The topological polar surface area (TPSA) is 317 Å². The minimum atomic E-state index is -1.23. The highest BCUT2D eigenvalue weighted by atomic mass is 19.1. The molecule has 2 saturated carbocycles. The molecule has 0 radical (unpaired) electrons. The van der Waals surface area contributed by atoms with Gasteiger partial charge in [0.25, 0.3) is 5.91 Å². The van der Waals surface area contributed by atoms with Crippen LogP contribution in [0.3, 0.4) is 0 Å². The minimum absolute atomic E-state index is 0.0434. The van der Waals surface area contributed by atoms with Gasteiger partial charge in [-0.25, -0.2) is 33.1 Å². The Morgan fingerprint density at radius 1 is 0.732 bits per heavy atom. The number of aromatic nitrogens is 10. The highest BCUT2D eigenvalue weighted by Crippen LogP contribution is 2.25. The Bertz CT molecular complexity index is 3710. The van der Waals surface area contributed by atoms with Crippen LogP contribution in [0.1, 0.15) is 71.6 Å². The van der Waals surface area contributed by atoms with Gasteiger partial charge in [0.2, 0.25) is 11.8 Å². The van der Waals surface area contributed by atoms with Crippen LogP contribution in [0.2, 0.25) is 0 Å². The Hall–Kier alpha value is -9.00. The molecular weight excluding hydrogens is 927 g/mol. The van der Waals surface area contributed by atoms with E-state index in [2.05, 4.69) is 79.8 Å². The summed E-state index contributed by atoms with van der Waals surface area (Å²) < 4.78 is 32.5. The Balaban J connectivity index is 0.000000179. The van der Waals surface area contributed by atoms with Crippen molar-refractivity contribution in [3.05, 3.63) is 137 Å². The van der Waals surface area contributed by atoms with Crippen LogP contribution in [0.15, 0.2) is 80.5 Å². The summed E-state index contributed by atoms with van der Waals surface area (Å²) in [4.78, 5) is 76.5. The number of H-pyrrole nitrogens is 4. The van der Waals surface area contributed by atoms with Crippen LogP contribution in [0.5, 0.6) is 11.8 Å². The first kappa shape index (κ1) is 47.1. The lowest BCUT2D eigenvalue weighted by atomic mass is 10.2. The number of benzene rings is 2. The third-order valence-corrected chi connectivity index (χ3v) is 11.3. The smallest absolute Gasteiger partial charge is 0.335 e. The number of aromatic amines is 4. The first-order chi connectivity index (χ1) is 34.2. The Labute approximate surface area is 398 Å². The quantitative estimate of drug-likeness (QED) is 0.0699. The van der Waals surface area contributed by atoms with Crippen molar-refractivity contribution in [3.8, 4) is 11.8 Å². The van der Waals surface area contributed by atoms with Gasteiger partial charge >= 0.3 is 17.3 Å². The van der Waals surface area contributed by atoms with Gasteiger partial charge < -0.3 is 46.1 Å². The first-order valence-electron chi connectivity index (χ1n) is 22.5. The Kier molecular flexibility index (Phi) is 13.2.